The van der Waals surface area contributed by atoms with Crippen LogP contribution in [0.2, 0.25) is 0 Å². The summed E-state index contributed by atoms with van der Waals surface area (Å²) in [5.74, 6) is 0.864. The molecule has 0 aliphatic rings. The van der Waals surface area contributed by atoms with Crippen molar-refractivity contribution in [1.29, 1.82) is 0 Å². The lowest BCUT2D eigenvalue weighted by Gasteiger charge is -2.06. The second-order valence-corrected chi connectivity index (χ2v) is 3.82. The van der Waals surface area contributed by atoms with Gasteiger partial charge in [-0.1, -0.05) is 24.8 Å². The first-order valence-corrected chi connectivity index (χ1v) is 5.54. The van der Waals surface area contributed by atoms with Crippen LogP contribution < -0.4 is 10.1 Å². The molecule has 3 N–H and O–H groups in total. The molecule has 0 saturated heterocycles. The van der Waals surface area contributed by atoms with E-state index in [0.29, 0.717) is 6.61 Å². The second-order valence-electron chi connectivity index (χ2n) is 3.82. The number of nitrogens with two attached hydrogens (primary N) is 1. The first kappa shape index (κ1) is 12.7. The maximum atomic E-state index is 9.13. The highest BCUT2D eigenvalue weighted by molar-refractivity contribution is 5.28. The van der Waals surface area contributed by atoms with Crippen LogP contribution in [0.15, 0.2) is 36.9 Å². The molecule has 1 rings (SSSR count). The summed E-state index contributed by atoms with van der Waals surface area (Å²) in [6, 6.07) is 7.98. The molecule has 0 spiro atoms. The van der Waals surface area contributed by atoms with E-state index in [0.717, 1.165) is 18.8 Å². The number of quaternary nitrogens is 1. The average molecular weight is 222 g/mol. The van der Waals surface area contributed by atoms with E-state index in [1.54, 1.807) is 13.0 Å². The Morgan fingerprint density at radius 1 is 1.56 bits per heavy atom. The van der Waals surface area contributed by atoms with Gasteiger partial charge in [0.05, 0.1) is 6.10 Å². The molecular weight excluding hydrogens is 202 g/mol. The largest absolute Gasteiger partial charge is 0.490 e. The number of hydrogen-bond acceptors (Lipinski definition) is 2. The Kier molecular flexibility index (Phi) is 5.61. The van der Waals surface area contributed by atoms with Gasteiger partial charge in [0.2, 0.25) is 0 Å². The molecule has 0 radical (unpaired) electrons. The van der Waals surface area contributed by atoms with Crippen LogP contribution in [0.4, 0.5) is 0 Å². The number of aliphatic hydroxyl groups is 1. The van der Waals surface area contributed by atoms with Crippen molar-refractivity contribution in [2.75, 3.05) is 13.2 Å². The van der Waals surface area contributed by atoms with Crippen molar-refractivity contribution in [2.45, 2.75) is 19.6 Å². The molecule has 3 nitrogen and oxygen atoms in total. The van der Waals surface area contributed by atoms with Crippen LogP contribution in [0.25, 0.3) is 0 Å². The smallest absolute Gasteiger partial charge is 0.120 e. The molecule has 3 heteroatoms. The zero-order valence-electron chi connectivity index (χ0n) is 9.73. The van der Waals surface area contributed by atoms with Crippen LogP contribution in [-0.2, 0) is 6.54 Å². The zero-order chi connectivity index (χ0) is 11.8. The first-order chi connectivity index (χ1) is 7.72. The summed E-state index contributed by atoms with van der Waals surface area (Å²) in [5.41, 5.74) is 1.20. The van der Waals surface area contributed by atoms with Gasteiger partial charge in [0, 0.05) is 5.56 Å². The highest BCUT2D eigenvalue weighted by Gasteiger charge is 2.00. The van der Waals surface area contributed by atoms with Crippen molar-refractivity contribution in [2.24, 2.45) is 0 Å². The fourth-order valence-corrected chi connectivity index (χ4v) is 1.41. The summed E-state index contributed by atoms with van der Waals surface area (Å²) >= 11 is 0. The van der Waals surface area contributed by atoms with Crippen LogP contribution in [0.5, 0.6) is 5.75 Å². The van der Waals surface area contributed by atoms with Crippen molar-refractivity contribution in [3.63, 3.8) is 0 Å². The topological polar surface area (TPSA) is 46.1 Å². The van der Waals surface area contributed by atoms with E-state index in [1.165, 1.54) is 5.56 Å². The standard InChI is InChI=1S/C13H19NO2/c1-3-7-16-13-6-4-5-12(8-13)10-14-9-11(2)15/h3-6,8,11,14-15H,1,7,9-10H2,2H3/p+1/t11-/m0/s1. The maximum absolute atomic E-state index is 9.13. The molecule has 16 heavy (non-hydrogen) atoms. The Hall–Kier alpha value is -1.32. The molecule has 1 aromatic rings. The van der Waals surface area contributed by atoms with E-state index in [9.17, 15) is 0 Å². The monoisotopic (exact) mass is 222 g/mol. The first-order valence-electron chi connectivity index (χ1n) is 5.54. The number of benzene rings is 1. The van der Waals surface area contributed by atoms with E-state index in [-0.39, 0.29) is 6.10 Å². The van der Waals surface area contributed by atoms with Gasteiger partial charge >= 0.3 is 0 Å². The third-order valence-corrected chi connectivity index (χ3v) is 2.15. The molecule has 0 heterocycles. The van der Waals surface area contributed by atoms with E-state index >= 15 is 0 Å². The Labute approximate surface area is 96.8 Å². The molecule has 0 saturated carbocycles. The van der Waals surface area contributed by atoms with Crippen molar-refractivity contribution < 1.29 is 15.2 Å². The molecular formula is C13H20NO2+. The van der Waals surface area contributed by atoms with Gasteiger partial charge in [0.15, 0.2) is 0 Å². The van der Waals surface area contributed by atoms with Crippen molar-refractivity contribution in [3.05, 3.63) is 42.5 Å². The van der Waals surface area contributed by atoms with Gasteiger partial charge in [0.25, 0.3) is 0 Å². The lowest BCUT2D eigenvalue weighted by Crippen LogP contribution is -2.84. The van der Waals surface area contributed by atoms with Crippen molar-refractivity contribution in [1.82, 2.24) is 0 Å². The Bertz CT molecular complexity index is 323. The average Bonchev–Trinajstić information content (AvgIpc) is 2.26. The summed E-state index contributed by atoms with van der Waals surface area (Å²) in [6.45, 7) is 7.51. The quantitative estimate of drug-likeness (QED) is 0.667. The normalized spacial score (nSPS) is 12.1. The molecule has 0 bridgehead atoms. The van der Waals surface area contributed by atoms with E-state index < -0.39 is 0 Å². The van der Waals surface area contributed by atoms with Gasteiger partial charge in [-0.25, -0.2) is 0 Å². The molecule has 0 aliphatic heterocycles. The van der Waals surface area contributed by atoms with Crippen LogP contribution >= 0.6 is 0 Å². The van der Waals surface area contributed by atoms with Gasteiger partial charge < -0.3 is 15.2 Å². The van der Waals surface area contributed by atoms with Crippen LogP contribution in [0, 0.1) is 0 Å². The van der Waals surface area contributed by atoms with E-state index in [1.807, 2.05) is 18.2 Å². The van der Waals surface area contributed by atoms with Gasteiger partial charge in [-0.05, 0) is 19.1 Å². The van der Waals surface area contributed by atoms with Crippen LogP contribution in [-0.4, -0.2) is 24.4 Å². The molecule has 0 amide bonds. The Morgan fingerprint density at radius 3 is 3.06 bits per heavy atom. The maximum Gasteiger partial charge on any atom is 0.120 e. The molecule has 1 aromatic carbocycles. The van der Waals surface area contributed by atoms with E-state index in [2.05, 4.69) is 18.0 Å². The number of aliphatic hydroxyl groups excluding tert-OH is 1. The minimum Gasteiger partial charge on any atom is -0.490 e. The van der Waals surface area contributed by atoms with Crippen molar-refractivity contribution in [3.8, 4) is 5.75 Å². The van der Waals surface area contributed by atoms with Gasteiger partial charge in [-0.15, -0.1) is 0 Å². The molecule has 0 aromatic heterocycles. The van der Waals surface area contributed by atoms with E-state index in [4.69, 9.17) is 9.84 Å². The fraction of sp³-hybridized carbons (Fsp3) is 0.385. The van der Waals surface area contributed by atoms with Crippen molar-refractivity contribution >= 4 is 0 Å². The zero-order valence-corrected chi connectivity index (χ0v) is 9.73. The Balaban J connectivity index is 2.43. The SMILES string of the molecule is C=CCOc1cccc(C[NH2+]C[C@H](C)O)c1. The number of rotatable bonds is 7. The molecule has 0 aliphatic carbocycles. The third-order valence-electron chi connectivity index (χ3n) is 2.15. The summed E-state index contributed by atoms with van der Waals surface area (Å²) in [7, 11) is 0. The molecule has 0 fully saturated rings. The predicted octanol–water partition coefficient (Wildman–Crippen LogP) is 0.696. The van der Waals surface area contributed by atoms with Gasteiger partial charge in [-0.3, -0.25) is 0 Å². The highest BCUT2D eigenvalue weighted by Crippen LogP contribution is 2.12. The van der Waals surface area contributed by atoms with Gasteiger partial charge in [-0.2, -0.15) is 0 Å². The minimum atomic E-state index is -0.264. The second kappa shape index (κ2) is 7.04. The summed E-state index contributed by atoms with van der Waals surface area (Å²) in [4.78, 5) is 0. The van der Waals surface area contributed by atoms with Crippen LogP contribution in [0.3, 0.4) is 0 Å². The van der Waals surface area contributed by atoms with Gasteiger partial charge in [0.1, 0.15) is 25.4 Å². The fourth-order valence-electron chi connectivity index (χ4n) is 1.41. The highest BCUT2D eigenvalue weighted by atomic mass is 16.5. The number of hydrogen-bond donors (Lipinski definition) is 2. The Morgan fingerprint density at radius 2 is 2.38 bits per heavy atom. The summed E-state index contributed by atoms with van der Waals surface area (Å²) in [6.07, 6.45) is 1.46. The summed E-state index contributed by atoms with van der Waals surface area (Å²) in [5, 5.41) is 11.2. The van der Waals surface area contributed by atoms with Crippen LogP contribution in [0.1, 0.15) is 12.5 Å². The lowest BCUT2D eigenvalue weighted by atomic mass is 10.2. The molecule has 1 atom stereocenters. The molecule has 0 unspecified atom stereocenters. The predicted molar refractivity (Wildman–Crippen MR) is 64.3 cm³/mol. The minimum absolute atomic E-state index is 0.264. The molecule has 88 valence electrons. The third kappa shape index (κ3) is 4.96. The summed E-state index contributed by atoms with van der Waals surface area (Å²) < 4.78 is 5.44. The lowest BCUT2D eigenvalue weighted by molar-refractivity contribution is -0.676. The number of ether oxygens (including phenoxy) is 1.